The van der Waals surface area contributed by atoms with Crippen LogP contribution in [0.4, 0.5) is 0 Å². The molecule has 0 aliphatic heterocycles. The fourth-order valence-electron chi connectivity index (χ4n) is 2.87. The van der Waals surface area contributed by atoms with E-state index in [4.69, 9.17) is 4.98 Å². The van der Waals surface area contributed by atoms with Crippen molar-refractivity contribution in [2.24, 2.45) is 13.0 Å². The zero-order chi connectivity index (χ0) is 17.1. The molecule has 1 unspecified atom stereocenters. The summed E-state index contributed by atoms with van der Waals surface area (Å²) < 4.78 is 1.98. The fourth-order valence-corrected chi connectivity index (χ4v) is 3.57. The highest BCUT2D eigenvalue weighted by Gasteiger charge is 2.22. The normalized spacial score (nSPS) is 12.7. The Kier molecular flexibility index (Phi) is 4.94. The number of hydrogen-bond donors (Lipinski definition) is 1. The smallest absolute Gasteiger partial charge is 0.225 e. The lowest BCUT2D eigenvalue weighted by Gasteiger charge is -2.20. The maximum absolute atomic E-state index is 12.4. The van der Waals surface area contributed by atoms with Crippen molar-refractivity contribution in [1.29, 1.82) is 0 Å². The number of imidazole rings is 1. The van der Waals surface area contributed by atoms with E-state index in [2.05, 4.69) is 24.1 Å². The van der Waals surface area contributed by atoms with Gasteiger partial charge >= 0.3 is 0 Å². The third-order valence-electron chi connectivity index (χ3n) is 3.93. The lowest BCUT2D eigenvalue weighted by molar-refractivity contribution is -0.121. The number of fused-ring (bicyclic) bond motifs is 1. The van der Waals surface area contributed by atoms with E-state index in [1.807, 2.05) is 41.3 Å². The second-order valence-electron chi connectivity index (χ2n) is 6.38. The molecule has 0 aromatic carbocycles. The molecule has 3 heterocycles. The second kappa shape index (κ2) is 7.13. The Morgan fingerprint density at radius 3 is 2.83 bits per heavy atom. The molecule has 1 N–H and O–H groups in total. The maximum atomic E-state index is 12.4. The third-order valence-corrected chi connectivity index (χ3v) is 4.81. The molecule has 0 saturated carbocycles. The van der Waals surface area contributed by atoms with E-state index in [1.165, 1.54) is 0 Å². The molecule has 0 saturated heterocycles. The molecule has 1 atom stereocenters. The minimum atomic E-state index is -0.114. The predicted octanol–water partition coefficient (Wildman–Crippen LogP) is 3.48. The van der Waals surface area contributed by atoms with Crippen LogP contribution in [0.15, 0.2) is 35.8 Å². The van der Waals surface area contributed by atoms with Crippen LogP contribution in [-0.4, -0.2) is 20.4 Å². The second-order valence-corrected chi connectivity index (χ2v) is 7.41. The largest absolute Gasteiger partial charge is 0.346 e. The van der Waals surface area contributed by atoms with E-state index in [-0.39, 0.29) is 11.9 Å². The van der Waals surface area contributed by atoms with Crippen molar-refractivity contribution in [1.82, 2.24) is 19.9 Å². The maximum Gasteiger partial charge on any atom is 0.225 e. The molecule has 5 nitrogen and oxygen atoms in total. The number of thiophene rings is 1. The molecule has 126 valence electrons. The predicted molar refractivity (Wildman–Crippen MR) is 96.9 cm³/mol. The van der Waals surface area contributed by atoms with E-state index in [0.717, 1.165) is 28.3 Å². The van der Waals surface area contributed by atoms with Gasteiger partial charge < -0.3 is 9.88 Å². The third kappa shape index (κ3) is 3.64. The molecule has 24 heavy (non-hydrogen) atoms. The van der Waals surface area contributed by atoms with E-state index >= 15 is 0 Å². The number of pyridine rings is 1. The van der Waals surface area contributed by atoms with Gasteiger partial charge in [-0.15, -0.1) is 11.3 Å². The van der Waals surface area contributed by atoms with E-state index in [9.17, 15) is 4.79 Å². The van der Waals surface area contributed by atoms with Gasteiger partial charge in [0.05, 0.1) is 12.5 Å². The Hall–Kier alpha value is -2.21. The minimum Gasteiger partial charge on any atom is -0.346 e. The summed E-state index contributed by atoms with van der Waals surface area (Å²) in [4.78, 5) is 22.6. The summed E-state index contributed by atoms with van der Waals surface area (Å²) in [6.45, 7) is 4.30. The van der Waals surface area contributed by atoms with Crippen LogP contribution in [0.1, 0.15) is 37.0 Å². The number of carbonyl (C=O) groups excluding carboxylic acids is 1. The lowest BCUT2D eigenvalue weighted by Crippen LogP contribution is -2.32. The van der Waals surface area contributed by atoms with Gasteiger partial charge in [-0.05, 0) is 35.9 Å². The first-order valence-electron chi connectivity index (χ1n) is 8.13. The molecular formula is C18H22N4OS. The molecular weight excluding hydrogens is 320 g/mol. The van der Waals surface area contributed by atoms with Crippen LogP contribution in [0.25, 0.3) is 11.2 Å². The molecule has 0 aliphatic carbocycles. The van der Waals surface area contributed by atoms with Crippen LogP contribution in [0.2, 0.25) is 0 Å². The highest BCUT2D eigenvalue weighted by atomic mass is 32.1. The molecule has 0 radical (unpaired) electrons. The number of carbonyl (C=O) groups is 1. The number of amides is 1. The summed E-state index contributed by atoms with van der Waals surface area (Å²) >= 11 is 1.60. The van der Waals surface area contributed by atoms with Crippen molar-refractivity contribution in [3.8, 4) is 0 Å². The molecule has 6 heteroatoms. The van der Waals surface area contributed by atoms with Crippen LogP contribution < -0.4 is 5.32 Å². The van der Waals surface area contributed by atoms with Gasteiger partial charge in [0, 0.05) is 18.1 Å². The molecule has 1 amide bonds. The van der Waals surface area contributed by atoms with Gasteiger partial charge in [-0.1, -0.05) is 19.9 Å². The molecule has 0 spiro atoms. The first kappa shape index (κ1) is 16.6. The molecule has 3 aromatic heterocycles. The van der Waals surface area contributed by atoms with Crippen LogP contribution in [0.5, 0.6) is 0 Å². The van der Waals surface area contributed by atoms with Crippen LogP contribution in [0, 0.1) is 5.92 Å². The first-order chi connectivity index (χ1) is 11.5. The van der Waals surface area contributed by atoms with Gasteiger partial charge in [0.15, 0.2) is 5.65 Å². The van der Waals surface area contributed by atoms with Gasteiger partial charge in [-0.3, -0.25) is 4.79 Å². The van der Waals surface area contributed by atoms with E-state index in [1.54, 1.807) is 17.5 Å². The fraction of sp³-hybridized carbons (Fsp3) is 0.389. The summed E-state index contributed by atoms with van der Waals surface area (Å²) in [7, 11) is 1.95. The average Bonchev–Trinajstić information content (AvgIpc) is 3.15. The van der Waals surface area contributed by atoms with Gasteiger partial charge in [0.1, 0.15) is 11.3 Å². The summed E-state index contributed by atoms with van der Waals surface area (Å²) in [5, 5.41) is 5.15. The van der Waals surface area contributed by atoms with Crippen molar-refractivity contribution < 1.29 is 4.79 Å². The van der Waals surface area contributed by atoms with Crippen molar-refractivity contribution >= 4 is 28.4 Å². The molecule has 0 aliphatic rings. The number of aryl methyl sites for hydroxylation is 1. The van der Waals surface area contributed by atoms with Crippen LogP contribution in [-0.2, 0) is 18.3 Å². The van der Waals surface area contributed by atoms with Gasteiger partial charge in [0.25, 0.3) is 0 Å². The molecule has 3 aromatic rings. The van der Waals surface area contributed by atoms with Crippen LogP contribution >= 0.6 is 11.3 Å². The highest BCUT2D eigenvalue weighted by molar-refractivity contribution is 7.10. The zero-order valence-electron chi connectivity index (χ0n) is 14.2. The van der Waals surface area contributed by atoms with Gasteiger partial charge in [0.2, 0.25) is 5.91 Å². The summed E-state index contributed by atoms with van der Waals surface area (Å²) in [5.74, 6) is 1.34. The van der Waals surface area contributed by atoms with Crippen molar-refractivity contribution in [2.45, 2.75) is 32.7 Å². The van der Waals surface area contributed by atoms with E-state index < -0.39 is 0 Å². The van der Waals surface area contributed by atoms with E-state index in [0.29, 0.717) is 12.3 Å². The molecule has 0 fully saturated rings. The van der Waals surface area contributed by atoms with Crippen molar-refractivity contribution in [3.05, 3.63) is 46.5 Å². The minimum absolute atomic E-state index is 0.0307. The Morgan fingerprint density at radius 2 is 2.17 bits per heavy atom. The van der Waals surface area contributed by atoms with Gasteiger partial charge in [-0.25, -0.2) is 9.97 Å². The highest BCUT2D eigenvalue weighted by Crippen LogP contribution is 2.24. The average molecular weight is 342 g/mol. The monoisotopic (exact) mass is 342 g/mol. The number of nitrogens with one attached hydrogen (secondary N) is 1. The first-order valence-corrected chi connectivity index (χ1v) is 9.01. The Bertz CT molecular complexity index is 823. The molecule has 3 rings (SSSR count). The number of nitrogens with zero attached hydrogens (tertiary/aromatic N) is 3. The number of aromatic nitrogens is 3. The lowest BCUT2D eigenvalue weighted by atomic mass is 10.0. The zero-order valence-corrected chi connectivity index (χ0v) is 15.0. The topological polar surface area (TPSA) is 59.8 Å². The number of rotatable bonds is 6. The van der Waals surface area contributed by atoms with Crippen LogP contribution in [0.3, 0.4) is 0 Å². The van der Waals surface area contributed by atoms with Crippen molar-refractivity contribution in [3.63, 3.8) is 0 Å². The summed E-state index contributed by atoms with van der Waals surface area (Å²) in [6.07, 6.45) is 3.02. The van der Waals surface area contributed by atoms with Crippen molar-refractivity contribution in [2.75, 3.05) is 0 Å². The Labute approximate surface area is 145 Å². The summed E-state index contributed by atoms with van der Waals surface area (Å²) in [5.41, 5.74) is 1.70. The number of hydrogen-bond acceptors (Lipinski definition) is 4. The van der Waals surface area contributed by atoms with Gasteiger partial charge in [-0.2, -0.15) is 0 Å². The Morgan fingerprint density at radius 1 is 1.33 bits per heavy atom. The Balaban J connectivity index is 1.85. The standard InChI is InChI=1S/C18H22N4OS/c1-12(2)10-15(20-16(23)11-13-6-5-9-24-13)18-21-14-7-4-8-19-17(14)22(18)3/h4-9,12,15H,10-11H2,1-3H3,(H,20,23). The SMILES string of the molecule is CC(C)CC(NC(=O)Cc1cccs1)c1nc2cccnc2n1C. The summed E-state index contributed by atoms with van der Waals surface area (Å²) in [6, 6.07) is 7.67. The molecule has 0 bridgehead atoms. The quantitative estimate of drug-likeness (QED) is 0.746.